The van der Waals surface area contributed by atoms with Crippen LogP contribution in [-0.4, -0.2) is 23.6 Å². The number of Topliss-reactive ketones (excluding diaryl/α,β-unsaturated/α-hetero) is 1. The van der Waals surface area contributed by atoms with E-state index in [1.54, 1.807) is 6.07 Å². The normalized spacial score (nSPS) is 12.7. The Hall–Kier alpha value is -2.41. The molecular formula is C19H21F3N2O2. The Labute approximate surface area is 150 Å². The molecule has 26 heavy (non-hydrogen) atoms. The van der Waals surface area contributed by atoms with Crippen molar-refractivity contribution in [3.63, 3.8) is 0 Å². The van der Waals surface area contributed by atoms with Crippen LogP contribution in [0.25, 0.3) is 0 Å². The molecule has 140 valence electrons. The Kier molecular flexibility index (Phi) is 6.74. The van der Waals surface area contributed by atoms with E-state index in [2.05, 4.69) is 9.72 Å². The van der Waals surface area contributed by atoms with Crippen LogP contribution in [0.3, 0.4) is 0 Å². The molecule has 2 rings (SSSR count). The minimum atomic E-state index is -4.39. The number of carbonyl (C=O) groups is 1. The number of hydrogen-bond acceptors (Lipinski definition) is 4. The zero-order chi connectivity index (χ0) is 19.2. The van der Waals surface area contributed by atoms with Gasteiger partial charge in [0.25, 0.3) is 0 Å². The number of nitrogens with two attached hydrogens (primary N) is 1. The van der Waals surface area contributed by atoms with Gasteiger partial charge in [-0.25, -0.2) is 0 Å². The maximum Gasteiger partial charge on any atom is 0.422 e. The highest BCUT2D eigenvalue weighted by Gasteiger charge is 2.28. The van der Waals surface area contributed by atoms with Gasteiger partial charge >= 0.3 is 6.18 Å². The standard InChI is InChI=1S/C19H21F3N2O2/c1-13(8-16(25)9-14-2-4-15(10-23)5-3-14)18-7-6-17(11-24-18)26-12-19(20,21)22/h2-7,11,13H,8-10,12,23H2,1H3/t13-/m0/s1. The second-order valence-electron chi connectivity index (χ2n) is 6.16. The molecule has 0 amide bonds. The Morgan fingerprint density at radius 1 is 1.15 bits per heavy atom. The number of rotatable bonds is 8. The van der Waals surface area contributed by atoms with Crippen molar-refractivity contribution in [3.8, 4) is 5.75 Å². The van der Waals surface area contributed by atoms with Crippen LogP contribution >= 0.6 is 0 Å². The van der Waals surface area contributed by atoms with Crippen molar-refractivity contribution in [3.05, 3.63) is 59.4 Å². The first-order chi connectivity index (χ1) is 12.3. The molecule has 0 aliphatic heterocycles. The molecule has 0 spiro atoms. The fourth-order valence-corrected chi connectivity index (χ4v) is 2.47. The summed E-state index contributed by atoms with van der Waals surface area (Å²) in [4.78, 5) is 16.3. The van der Waals surface area contributed by atoms with Crippen LogP contribution in [0, 0.1) is 0 Å². The fraction of sp³-hybridized carbons (Fsp3) is 0.368. The summed E-state index contributed by atoms with van der Waals surface area (Å²) in [6.07, 6.45) is -2.52. The zero-order valence-electron chi connectivity index (χ0n) is 14.4. The monoisotopic (exact) mass is 366 g/mol. The third kappa shape index (κ3) is 6.48. The summed E-state index contributed by atoms with van der Waals surface area (Å²) >= 11 is 0. The molecule has 1 aromatic carbocycles. The average molecular weight is 366 g/mol. The molecule has 7 heteroatoms. The summed E-state index contributed by atoms with van der Waals surface area (Å²) in [5.74, 6) is -0.0238. The lowest BCUT2D eigenvalue weighted by atomic mass is 9.96. The summed E-state index contributed by atoms with van der Waals surface area (Å²) in [5.41, 5.74) is 8.10. The molecular weight excluding hydrogens is 345 g/mol. The maximum atomic E-state index is 12.2. The summed E-state index contributed by atoms with van der Waals surface area (Å²) in [6, 6.07) is 10.6. The molecule has 1 aromatic heterocycles. The fourth-order valence-electron chi connectivity index (χ4n) is 2.47. The summed E-state index contributed by atoms with van der Waals surface area (Å²) in [5, 5.41) is 0. The molecule has 0 aliphatic rings. The van der Waals surface area contributed by atoms with Crippen LogP contribution in [0.2, 0.25) is 0 Å². The van der Waals surface area contributed by atoms with Crippen molar-refractivity contribution in [1.82, 2.24) is 4.98 Å². The van der Waals surface area contributed by atoms with Gasteiger partial charge in [-0.05, 0) is 23.3 Å². The second-order valence-corrected chi connectivity index (χ2v) is 6.16. The van der Waals surface area contributed by atoms with Gasteiger partial charge in [-0.2, -0.15) is 13.2 Å². The van der Waals surface area contributed by atoms with Crippen molar-refractivity contribution < 1.29 is 22.7 Å². The van der Waals surface area contributed by atoms with E-state index in [-0.39, 0.29) is 17.5 Å². The predicted octanol–water partition coefficient (Wildman–Crippen LogP) is 3.79. The van der Waals surface area contributed by atoms with Gasteiger partial charge in [0.2, 0.25) is 0 Å². The van der Waals surface area contributed by atoms with Gasteiger partial charge in [-0.3, -0.25) is 9.78 Å². The molecule has 0 unspecified atom stereocenters. The second kappa shape index (κ2) is 8.80. The van der Waals surface area contributed by atoms with E-state index in [4.69, 9.17) is 5.73 Å². The van der Waals surface area contributed by atoms with Crippen molar-refractivity contribution in [2.24, 2.45) is 5.73 Å². The minimum absolute atomic E-state index is 0.0459. The molecule has 4 nitrogen and oxygen atoms in total. The Bertz CT molecular complexity index is 713. The predicted molar refractivity (Wildman–Crippen MR) is 91.9 cm³/mol. The molecule has 2 N–H and O–H groups in total. The van der Waals surface area contributed by atoms with Crippen LogP contribution in [0.5, 0.6) is 5.75 Å². The lowest BCUT2D eigenvalue weighted by Gasteiger charge is -2.12. The molecule has 0 fully saturated rings. The number of hydrogen-bond donors (Lipinski definition) is 1. The van der Waals surface area contributed by atoms with Crippen molar-refractivity contribution in [2.75, 3.05) is 6.61 Å². The van der Waals surface area contributed by atoms with Gasteiger partial charge in [0.1, 0.15) is 11.5 Å². The average Bonchev–Trinajstić information content (AvgIpc) is 2.60. The summed E-state index contributed by atoms with van der Waals surface area (Å²) < 4.78 is 41.0. The lowest BCUT2D eigenvalue weighted by molar-refractivity contribution is -0.153. The number of pyridine rings is 1. The molecule has 0 aliphatic carbocycles. The number of ether oxygens (including phenoxy) is 1. The van der Waals surface area contributed by atoms with Crippen molar-refractivity contribution >= 4 is 5.78 Å². The van der Waals surface area contributed by atoms with Gasteiger partial charge in [-0.1, -0.05) is 31.2 Å². The van der Waals surface area contributed by atoms with Gasteiger partial charge < -0.3 is 10.5 Å². The van der Waals surface area contributed by atoms with Crippen LogP contribution in [0.4, 0.5) is 13.2 Å². The maximum absolute atomic E-state index is 12.2. The first-order valence-corrected chi connectivity index (χ1v) is 8.22. The van der Waals surface area contributed by atoms with E-state index in [1.807, 2.05) is 31.2 Å². The smallest absolute Gasteiger partial charge is 0.422 e. The highest BCUT2D eigenvalue weighted by Crippen LogP contribution is 2.22. The minimum Gasteiger partial charge on any atom is -0.483 e. The van der Waals surface area contributed by atoms with E-state index in [0.29, 0.717) is 25.1 Å². The van der Waals surface area contributed by atoms with Crippen LogP contribution in [-0.2, 0) is 17.8 Å². The Balaban J connectivity index is 1.87. The number of nitrogens with zero attached hydrogens (tertiary/aromatic N) is 1. The quantitative estimate of drug-likeness (QED) is 0.772. The van der Waals surface area contributed by atoms with E-state index < -0.39 is 12.8 Å². The highest BCUT2D eigenvalue weighted by molar-refractivity contribution is 5.81. The molecule has 0 radical (unpaired) electrons. The molecule has 0 saturated carbocycles. The van der Waals surface area contributed by atoms with E-state index in [9.17, 15) is 18.0 Å². The number of ketones is 1. The van der Waals surface area contributed by atoms with Crippen LogP contribution < -0.4 is 10.5 Å². The lowest BCUT2D eigenvalue weighted by Crippen LogP contribution is -2.19. The molecule has 2 aromatic rings. The summed E-state index contributed by atoms with van der Waals surface area (Å²) in [7, 11) is 0. The number of alkyl halides is 3. The number of aromatic nitrogens is 1. The van der Waals surface area contributed by atoms with Gasteiger partial charge in [0, 0.05) is 31.0 Å². The van der Waals surface area contributed by atoms with E-state index in [1.165, 1.54) is 12.3 Å². The molecule has 1 atom stereocenters. The topological polar surface area (TPSA) is 65.2 Å². The highest BCUT2D eigenvalue weighted by atomic mass is 19.4. The zero-order valence-corrected chi connectivity index (χ0v) is 14.4. The Morgan fingerprint density at radius 3 is 2.35 bits per heavy atom. The first kappa shape index (κ1) is 19.9. The van der Waals surface area contributed by atoms with E-state index in [0.717, 1.165) is 11.1 Å². The van der Waals surface area contributed by atoms with E-state index >= 15 is 0 Å². The first-order valence-electron chi connectivity index (χ1n) is 8.22. The van der Waals surface area contributed by atoms with Gasteiger partial charge in [0.15, 0.2) is 6.61 Å². The van der Waals surface area contributed by atoms with Gasteiger partial charge in [0.05, 0.1) is 6.20 Å². The molecule has 0 bridgehead atoms. The molecule has 1 heterocycles. The number of benzene rings is 1. The van der Waals surface area contributed by atoms with Crippen molar-refractivity contribution in [1.29, 1.82) is 0 Å². The number of carbonyl (C=O) groups excluding carboxylic acids is 1. The third-order valence-corrected chi connectivity index (χ3v) is 3.86. The summed E-state index contributed by atoms with van der Waals surface area (Å²) in [6.45, 7) is 0.957. The SMILES string of the molecule is C[C@@H](CC(=O)Cc1ccc(CN)cc1)c1ccc(OCC(F)(F)F)cn1. The van der Waals surface area contributed by atoms with Crippen LogP contribution in [0.1, 0.15) is 36.1 Å². The molecule has 0 saturated heterocycles. The largest absolute Gasteiger partial charge is 0.483 e. The van der Waals surface area contributed by atoms with Crippen LogP contribution in [0.15, 0.2) is 42.6 Å². The Morgan fingerprint density at radius 2 is 1.81 bits per heavy atom. The van der Waals surface area contributed by atoms with Gasteiger partial charge in [-0.15, -0.1) is 0 Å². The third-order valence-electron chi connectivity index (χ3n) is 3.86. The van der Waals surface area contributed by atoms with Crippen molar-refractivity contribution in [2.45, 2.75) is 38.4 Å². The number of halogens is 3.